The molecule has 3 aromatic rings. The van der Waals surface area contributed by atoms with Crippen molar-refractivity contribution in [2.45, 2.75) is 13.5 Å². The number of nitrogen functional groups attached to an aromatic ring is 1. The molecule has 1 aromatic heterocycles. The summed E-state index contributed by atoms with van der Waals surface area (Å²) >= 11 is 0. The van der Waals surface area contributed by atoms with Gasteiger partial charge in [-0.25, -0.2) is 4.98 Å². The van der Waals surface area contributed by atoms with Crippen molar-refractivity contribution in [1.29, 1.82) is 0 Å². The summed E-state index contributed by atoms with van der Waals surface area (Å²) < 4.78 is 0. The Balaban J connectivity index is 1.53. The van der Waals surface area contributed by atoms with Crippen LogP contribution >= 0.6 is 0 Å². The molecule has 0 aliphatic heterocycles. The lowest BCUT2D eigenvalue weighted by molar-refractivity contribution is -0.111. The zero-order chi connectivity index (χ0) is 19.1. The van der Waals surface area contributed by atoms with Gasteiger partial charge in [-0.2, -0.15) is 0 Å². The standard InChI is InChI=1S/C22H22N4O/c1-16-6-8-17(9-7-16)14-24-21-12-10-18(15-25-21)11-13-22(27)26-20-5-3-2-4-19(20)23/h2-13,15H,14,23H2,1H3,(H,24,25)(H,26,27)/b13-11+. The van der Waals surface area contributed by atoms with Crippen LogP contribution in [-0.4, -0.2) is 10.9 Å². The van der Waals surface area contributed by atoms with Crippen LogP contribution in [-0.2, 0) is 11.3 Å². The molecule has 0 fully saturated rings. The number of aryl methyl sites for hydroxylation is 1. The number of carbonyl (C=O) groups is 1. The molecule has 27 heavy (non-hydrogen) atoms. The summed E-state index contributed by atoms with van der Waals surface area (Å²) in [4.78, 5) is 16.4. The minimum absolute atomic E-state index is 0.241. The van der Waals surface area contributed by atoms with Crippen molar-refractivity contribution in [2.24, 2.45) is 0 Å². The highest BCUT2D eigenvalue weighted by Crippen LogP contribution is 2.16. The minimum Gasteiger partial charge on any atom is -0.397 e. The zero-order valence-electron chi connectivity index (χ0n) is 15.1. The highest BCUT2D eigenvalue weighted by molar-refractivity contribution is 6.03. The van der Waals surface area contributed by atoms with Crippen LogP contribution < -0.4 is 16.4 Å². The second-order valence-corrected chi connectivity index (χ2v) is 6.23. The fourth-order valence-electron chi connectivity index (χ4n) is 2.46. The van der Waals surface area contributed by atoms with Crippen LogP contribution in [0.4, 0.5) is 17.2 Å². The molecule has 2 aromatic carbocycles. The highest BCUT2D eigenvalue weighted by atomic mass is 16.1. The van der Waals surface area contributed by atoms with E-state index in [4.69, 9.17) is 5.73 Å². The molecular weight excluding hydrogens is 336 g/mol. The molecule has 0 saturated carbocycles. The summed E-state index contributed by atoms with van der Waals surface area (Å²) in [5.41, 5.74) is 10.2. The van der Waals surface area contributed by atoms with Gasteiger partial charge >= 0.3 is 0 Å². The maximum Gasteiger partial charge on any atom is 0.248 e. The van der Waals surface area contributed by atoms with Crippen LogP contribution in [0.5, 0.6) is 0 Å². The van der Waals surface area contributed by atoms with Crippen LogP contribution in [0, 0.1) is 6.92 Å². The van der Waals surface area contributed by atoms with Crippen LogP contribution in [0.25, 0.3) is 6.08 Å². The lowest BCUT2D eigenvalue weighted by atomic mass is 10.1. The molecule has 0 radical (unpaired) electrons. The van der Waals surface area contributed by atoms with Gasteiger partial charge in [-0.1, -0.05) is 42.0 Å². The average molecular weight is 358 g/mol. The van der Waals surface area contributed by atoms with Crippen molar-refractivity contribution in [3.63, 3.8) is 0 Å². The normalized spacial score (nSPS) is 10.7. The van der Waals surface area contributed by atoms with Crippen molar-refractivity contribution in [2.75, 3.05) is 16.4 Å². The third-order valence-corrected chi connectivity index (χ3v) is 4.03. The van der Waals surface area contributed by atoms with Gasteiger partial charge in [0, 0.05) is 18.8 Å². The van der Waals surface area contributed by atoms with Crippen LogP contribution in [0.2, 0.25) is 0 Å². The van der Waals surface area contributed by atoms with E-state index in [0.717, 1.165) is 11.4 Å². The molecule has 5 heteroatoms. The molecule has 5 nitrogen and oxygen atoms in total. The van der Waals surface area contributed by atoms with Gasteiger partial charge in [-0.15, -0.1) is 0 Å². The second kappa shape index (κ2) is 8.67. The highest BCUT2D eigenvalue weighted by Gasteiger charge is 2.01. The van der Waals surface area contributed by atoms with Crippen LogP contribution in [0.15, 0.2) is 72.9 Å². The summed E-state index contributed by atoms with van der Waals surface area (Å²) in [5.74, 6) is 0.545. The van der Waals surface area contributed by atoms with E-state index in [1.54, 1.807) is 24.4 Å². The number of benzene rings is 2. The number of carbonyl (C=O) groups excluding carboxylic acids is 1. The molecular formula is C22H22N4O. The van der Waals surface area contributed by atoms with Crippen LogP contribution in [0.3, 0.4) is 0 Å². The molecule has 0 atom stereocenters. The minimum atomic E-state index is -0.241. The van der Waals surface area contributed by atoms with E-state index in [1.165, 1.54) is 17.2 Å². The van der Waals surface area contributed by atoms with Gasteiger partial charge < -0.3 is 16.4 Å². The largest absolute Gasteiger partial charge is 0.397 e. The first-order valence-electron chi connectivity index (χ1n) is 8.69. The van der Waals surface area contributed by atoms with Crippen molar-refractivity contribution < 1.29 is 4.79 Å². The number of nitrogens with one attached hydrogen (secondary N) is 2. The van der Waals surface area contributed by atoms with Gasteiger partial charge in [0.1, 0.15) is 5.82 Å². The SMILES string of the molecule is Cc1ccc(CNc2ccc(/C=C/C(=O)Nc3ccccc3N)cn2)cc1. The summed E-state index contributed by atoms with van der Waals surface area (Å²) in [6, 6.07) is 19.3. The summed E-state index contributed by atoms with van der Waals surface area (Å²) in [6.07, 6.45) is 4.90. The van der Waals surface area contributed by atoms with Gasteiger partial charge in [0.2, 0.25) is 5.91 Å². The second-order valence-electron chi connectivity index (χ2n) is 6.23. The predicted octanol–water partition coefficient (Wildman–Crippen LogP) is 4.24. The van der Waals surface area contributed by atoms with E-state index in [9.17, 15) is 4.79 Å². The average Bonchev–Trinajstić information content (AvgIpc) is 2.68. The molecule has 0 aliphatic rings. The number of hydrogen-bond acceptors (Lipinski definition) is 4. The summed E-state index contributed by atoms with van der Waals surface area (Å²) in [7, 11) is 0. The first-order valence-corrected chi connectivity index (χ1v) is 8.69. The Morgan fingerprint density at radius 1 is 1.07 bits per heavy atom. The number of pyridine rings is 1. The molecule has 1 amide bonds. The van der Waals surface area contributed by atoms with E-state index in [0.29, 0.717) is 17.9 Å². The molecule has 1 heterocycles. The number of aromatic nitrogens is 1. The number of hydrogen-bond donors (Lipinski definition) is 3. The first-order chi connectivity index (χ1) is 13.1. The molecule has 136 valence electrons. The first kappa shape index (κ1) is 18.2. The Labute approximate surface area is 159 Å². The van der Waals surface area contributed by atoms with Gasteiger partial charge in [-0.05, 0) is 48.4 Å². The third kappa shape index (κ3) is 5.44. The molecule has 0 saturated heterocycles. The van der Waals surface area contributed by atoms with Crippen molar-refractivity contribution >= 4 is 29.2 Å². The number of para-hydroxylation sites is 2. The molecule has 4 N–H and O–H groups in total. The zero-order valence-corrected chi connectivity index (χ0v) is 15.1. The van der Waals surface area contributed by atoms with Crippen molar-refractivity contribution in [3.05, 3.63) is 89.6 Å². The molecule has 0 spiro atoms. The number of nitrogens with zero attached hydrogens (tertiary/aromatic N) is 1. The lowest BCUT2D eigenvalue weighted by Crippen LogP contribution is -2.09. The van der Waals surface area contributed by atoms with Crippen molar-refractivity contribution in [1.82, 2.24) is 4.98 Å². The van der Waals surface area contributed by atoms with Gasteiger partial charge in [0.25, 0.3) is 0 Å². The maximum atomic E-state index is 12.0. The smallest absolute Gasteiger partial charge is 0.248 e. The van der Waals surface area contributed by atoms with E-state index in [2.05, 4.69) is 46.8 Å². The monoisotopic (exact) mass is 358 g/mol. The van der Waals surface area contributed by atoms with E-state index in [1.807, 2.05) is 24.3 Å². The van der Waals surface area contributed by atoms with E-state index < -0.39 is 0 Å². The number of rotatable bonds is 6. The number of nitrogens with two attached hydrogens (primary N) is 1. The Morgan fingerprint density at radius 3 is 2.56 bits per heavy atom. The number of amides is 1. The topological polar surface area (TPSA) is 80.0 Å². The molecule has 0 aliphatic carbocycles. The lowest BCUT2D eigenvalue weighted by Gasteiger charge is -2.06. The summed E-state index contributed by atoms with van der Waals surface area (Å²) in [5, 5.41) is 6.03. The van der Waals surface area contributed by atoms with Gasteiger partial charge in [0.05, 0.1) is 11.4 Å². The number of anilines is 3. The maximum absolute atomic E-state index is 12.0. The Bertz CT molecular complexity index is 931. The molecule has 0 unspecified atom stereocenters. The van der Waals surface area contributed by atoms with Gasteiger partial charge in [0.15, 0.2) is 0 Å². The van der Waals surface area contributed by atoms with E-state index in [-0.39, 0.29) is 5.91 Å². The van der Waals surface area contributed by atoms with Crippen LogP contribution in [0.1, 0.15) is 16.7 Å². The van der Waals surface area contributed by atoms with Crippen molar-refractivity contribution in [3.8, 4) is 0 Å². The Hall–Kier alpha value is -3.60. The molecule has 3 rings (SSSR count). The fraction of sp³-hybridized carbons (Fsp3) is 0.0909. The Kier molecular flexibility index (Phi) is 5.84. The molecule has 0 bridgehead atoms. The predicted molar refractivity (Wildman–Crippen MR) is 111 cm³/mol. The van der Waals surface area contributed by atoms with E-state index >= 15 is 0 Å². The Morgan fingerprint density at radius 2 is 1.85 bits per heavy atom. The quantitative estimate of drug-likeness (QED) is 0.455. The van der Waals surface area contributed by atoms with Gasteiger partial charge in [-0.3, -0.25) is 4.79 Å². The summed E-state index contributed by atoms with van der Waals surface area (Å²) in [6.45, 7) is 2.78. The third-order valence-electron chi connectivity index (χ3n) is 4.03. The fourth-order valence-corrected chi connectivity index (χ4v) is 2.46.